The number of carbonyl (C=O) groups is 1. The molecule has 0 spiro atoms. The Morgan fingerprint density at radius 3 is 2.83 bits per heavy atom. The van der Waals surface area contributed by atoms with Gasteiger partial charge in [0, 0.05) is 19.2 Å². The fourth-order valence-corrected chi connectivity index (χ4v) is 2.48. The topological polar surface area (TPSA) is 38.1 Å². The molecule has 0 aliphatic heterocycles. The number of Topliss-reactive ketones (excluding diaryl/α,β-unsaturated/α-hetero) is 1. The molecule has 100 valence electrons. The van der Waals surface area contributed by atoms with Crippen molar-refractivity contribution in [2.45, 2.75) is 44.6 Å². The van der Waals surface area contributed by atoms with Gasteiger partial charge in [-0.3, -0.25) is 9.48 Å². The molecule has 1 fully saturated rings. The summed E-state index contributed by atoms with van der Waals surface area (Å²) in [5.41, 5.74) is 0.922. The van der Waals surface area contributed by atoms with Crippen LogP contribution in [-0.4, -0.2) is 41.1 Å². The molecule has 0 saturated heterocycles. The van der Waals surface area contributed by atoms with Gasteiger partial charge in [-0.2, -0.15) is 5.10 Å². The van der Waals surface area contributed by atoms with E-state index in [2.05, 4.69) is 9.78 Å². The maximum absolute atomic E-state index is 11.8. The summed E-state index contributed by atoms with van der Waals surface area (Å²) < 4.78 is 2.06. The number of hydrogen-bond donors (Lipinski definition) is 0. The minimum atomic E-state index is 0.278. The normalized spacial score (nSPS) is 16.6. The molecule has 1 aliphatic rings. The first-order valence-electron chi connectivity index (χ1n) is 6.85. The Hall–Kier alpha value is -1.16. The van der Waals surface area contributed by atoms with E-state index in [0.29, 0.717) is 18.9 Å². The molecule has 1 aromatic rings. The lowest BCUT2D eigenvalue weighted by Gasteiger charge is -2.09. The smallest absolute Gasteiger partial charge is 0.140 e. The third-order valence-electron chi connectivity index (χ3n) is 3.58. The summed E-state index contributed by atoms with van der Waals surface area (Å²) in [5.74, 6) is 0.278. The molecule has 4 heteroatoms. The van der Waals surface area contributed by atoms with Gasteiger partial charge in [0.2, 0.25) is 0 Å². The summed E-state index contributed by atoms with van der Waals surface area (Å²) in [5, 5.41) is 4.54. The second kappa shape index (κ2) is 6.14. The predicted octanol–water partition coefficient (Wildman–Crippen LogP) is 2.06. The van der Waals surface area contributed by atoms with Crippen molar-refractivity contribution in [2.75, 3.05) is 20.6 Å². The Balaban J connectivity index is 1.84. The molecule has 1 saturated carbocycles. The second-order valence-corrected chi connectivity index (χ2v) is 5.49. The number of hydrogen-bond acceptors (Lipinski definition) is 3. The van der Waals surface area contributed by atoms with Crippen molar-refractivity contribution in [3.05, 3.63) is 18.0 Å². The van der Waals surface area contributed by atoms with E-state index in [4.69, 9.17) is 0 Å². The van der Waals surface area contributed by atoms with Gasteiger partial charge in [0.25, 0.3) is 0 Å². The molecular formula is C14H23N3O. The van der Waals surface area contributed by atoms with Gasteiger partial charge < -0.3 is 4.90 Å². The molecule has 1 aromatic heterocycles. The van der Waals surface area contributed by atoms with Crippen LogP contribution in [0.5, 0.6) is 0 Å². The zero-order valence-electron chi connectivity index (χ0n) is 11.4. The lowest BCUT2D eigenvalue weighted by atomic mass is 10.1. The van der Waals surface area contributed by atoms with Gasteiger partial charge in [-0.05, 0) is 33.0 Å². The summed E-state index contributed by atoms with van der Waals surface area (Å²) in [7, 11) is 3.98. The van der Waals surface area contributed by atoms with E-state index in [1.165, 1.54) is 25.7 Å². The first-order valence-corrected chi connectivity index (χ1v) is 6.85. The summed E-state index contributed by atoms with van der Waals surface area (Å²) in [6, 6.07) is 2.56. The van der Waals surface area contributed by atoms with E-state index in [0.717, 1.165) is 12.2 Å². The van der Waals surface area contributed by atoms with E-state index < -0.39 is 0 Å². The van der Waals surface area contributed by atoms with E-state index >= 15 is 0 Å². The van der Waals surface area contributed by atoms with Crippen LogP contribution < -0.4 is 0 Å². The van der Waals surface area contributed by atoms with E-state index in [-0.39, 0.29) is 5.78 Å². The molecule has 0 radical (unpaired) electrons. The first kappa shape index (κ1) is 13.3. The van der Waals surface area contributed by atoms with E-state index in [1.807, 2.05) is 31.3 Å². The minimum Gasteiger partial charge on any atom is -0.309 e. The van der Waals surface area contributed by atoms with Gasteiger partial charge in [0.1, 0.15) is 5.78 Å². The quantitative estimate of drug-likeness (QED) is 0.774. The van der Waals surface area contributed by atoms with Crippen LogP contribution in [0.2, 0.25) is 0 Å². The Morgan fingerprint density at radius 1 is 1.44 bits per heavy atom. The summed E-state index contributed by atoms with van der Waals surface area (Å²) in [4.78, 5) is 13.8. The van der Waals surface area contributed by atoms with Crippen LogP contribution in [0.25, 0.3) is 0 Å². The van der Waals surface area contributed by atoms with Gasteiger partial charge in [0.05, 0.1) is 18.2 Å². The third kappa shape index (κ3) is 3.67. The van der Waals surface area contributed by atoms with E-state index in [1.54, 1.807) is 0 Å². The van der Waals surface area contributed by atoms with Crippen LogP contribution in [0.15, 0.2) is 12.3 Å². The standard InChI is InChI=1S/C14H23N3O/c1-16(2)9-8-14(18)11-12-7-10-17(15-12)13-5-3-4-6-13/h7,10,13H,3-6,8-9,11H2,1-2H3. The summed E-state index contributed by atoms with van der Waals surface area (Å²) in [6.07, 6.45) is 8.20. The number of carbonyl (C=O) groups excluding carboxylic acids is 1. The monoisotopic (exact) mass is 249 g/mol. The average Bonchev–Trinajstić information content (AvgIpc) is 2.95. The van der Waals surface area contributed by atoms with Crippen molar-refractivity contribution < 1.29 is 4.79 Å². The largest absolute Gasteiger partial charge is 0.309 e. The van der Waals surface area contributed by atoms with Crippen LogP contribution in [0, 0.1) is 0 Å². The highest BCUT2D eigenvalue weighted by atomic mass is 16.1. The van der Waals surface area contributed by atoms with Crippen molar-refractivity contribution >= 4 is 5.78 Å². The lowest BCUT2D eigenvalue weighted by Crippen LogP contribution is -2.17. The van der Waals surface area contributed by atoms with Gasteiger partial charge in [0.15, 0.2) is 0 Å². The zero-order valence-corrected chi connectivity index (χ0v) is 11.4. The number of ketones is 1. The lowest BCUT2D eigenvalue weighted by molar-refractivity contribution is -0.118. The van der Waals surface area contributed by atoms with Gasteiger partial charge in [-0.25, -0.2) is 0 Å². The first-order chi connectivity index (χ1) is 8.65. The maximum Gasteiger partial charge on any atom is 0.140 e. The number of rotatable bonds is 6. The van der Waals surface area contributed by atoms with Crippen molar-refractivity contribution in [2.24, 2.45) is 0 Å². The van der Waals surface area contributed by atoms with Crippen molar-refractivity contribution in [1.82, 2.24) is 14.7 Å². The van der Waals surface area contributed by atoms with Gasteiger partial charge >= 0.3 is 0 Å². The van der Waals surface area contributed by atoms with Crippen LogP contribution in [0.1, 0.15) is 43.8 Å². The van der Waals surface area contributed by atoms with Gasteiger partial charge in [-0.1, -0.05) is 12.8 Å². The fourth-order valence-electron chi connectivity index (χ4n) is 2.48. The molecule has 18 heavy (non-hydrogen) atoms. The average molecular weight is 249 g/mol. The molecule has 0 aromatic carbocycles. The van der Waals surface area contributed by atoms with Crippen molar-refractivity contribution in [3.63, 3.8) is 0 Å². The molecular weight excluding hydrogens is 226 g/mol. The second-order valence-electron chi connectivity index (χ2n) is 5.49. The molecule has 1 aliphatic carbocycles. The molecule has 0 atom stereocenters. The maximum atomic E-state index is 11.8. The number of nitrogens with zero attached hydrogens (tertiary/aromatic N) is 3. The van der Waals surface area contributed by atoms with Gasteiger partial charge in [-0.15, -0.1) is 0 Å². The predicted molar refractivity (Wildman–Crippen MR) is 71.6 cm³/mol. The van der Waals surface area contributed by atoms with Crippen LogP contribution in [0.4, 0.5) is 0 Å². The third-order valence-corrected chi connectivity index (χ3v) is 3.58. The molecule has 0 N–H and O–H groups in total. The molecule has 2 rings (SSSR count). The molecule has 1 heterocycles. The highest BCUT2D eigenvalue weighted by Crippen LogP contribution is 2.28. The Morgan fingerprint density at radius 2 is 2.17 bits per heavy atom. The summed E-state index contributed by atoms with van der Waals surface area (Å²) in [6.45, 7) is 0.822. The molecule has 0 bridgehead atoms. The van der Waals surface area contributed by atoms with Crippen LogP contribution in [-0.2, 0) is 11.2 Å². The van der Waals surface area contributed by atoms with Crippen LogP contribution in [0.3, 0.4) is 0 Å². The Labute approximate surface area is 109 Å². The molecule has 4 nitrogen and oxygen atoms in total. The van der Waals surface area contributed by atoms with Crippen molar-refractivity contribution in [3.8, 4) is 0 Å². The van der Waals surface area contributed by atoms with Crippen LogP contribution >= 0.6 is 0 Å². The molecule has 0 amide bonds. The summed E-state index contributed by atoms with van der Waals surface area (Å²) >= 11 is 0. The zero-order chi connectivity index (χ0) is 13.0. The van der Waals surface area contributed by atoms with E-state index in [9.17, 15) is 4.79 Å². The Kier molecular flexibility index (Phi) is 4.53. The van der Waals surface area contributed by atoms with Crippen molar-refractivity contribution in [1.29, 1.82) is 0 Å². The minimum absolute atomic E-state index is 0.278. The SMILES string of the molecule is CN(C)CCC(=O)Cc1ccn(C2CCCC2)n1. The highest BCUT2D eigenvalue weighted by Gasteiger charge is 2.17. The fraction of sp³-hybridized carbons (Fsp3) is 0.714. The number of aromatic nitrogens is 2. The molecule has 0 unspecified atom stereocenters. The highest BCUT2D eigenvalue weighted by molar-refractivity contribution is 5.80. The Bertz CT molecular complexity index is 391.